The van der Waals surface area contributed by atoms with Crippen LogP contribution in [0.25, 0.3) is 11.5 Å². The highest BCUT2D eigenvalue weighted by Gasteiger charge is 2.12. The number of hydrogen-bond acceptors (Lipinski definition) is 5. The molecule has 2 aromatic carbocycles. The first-order valence-corrected chi connectivity index (χ1v) is 8.65. The molecular weight excluding hydrogens is 332 g/mol. The van der Waals surface area contributed by atoms with Crippen molar-refractivity contribution in [1.82, 2.24) is 10.2 Å². The van der Waals surface area contributed by atoms with Crippen LogP contribution < -0.4 is 0 Å². The van der Waals surface area contributed by atoms with Crippen LogP contribution in [0, 0.1) is 0 Å². The van der Waals surface area contributed by atoms with Gasteiger partial charge in [0, 0.05) is 5.75 Å². The number of nitrogens with zero attached hydrogens (tertiary/aromatic N) is 2. The summed E-state index contributed by atoms with van der Waals surface area (Å²) in [7, 11) is 0. The Morgan fingerprint density at radius 3 is 2.57 bits per heavy atom. The van der Waals surface area contributed by atoms with Crippen molar-refractivity contribution in [2.24, 2.45) is 0 Å². The van der Waals surface area contributed by atoms with E-state index in [9.17, 15) is 5.11 Å². The highest BCUT2D eigenvalue weighted by atomic mass is 35.5. The average molecular weight is 347 g/mol. The molecule has 0 aliphatic rings. The molecule has 0 aliphatic heterocycles. The minimum absolute atomic E-state index is 0.412. The third kappa shape index (κ3) is 4.13. The van der Waals surface area contributed by atoms with Gasteiger partial charge in [0.15, 0.2) is 0 Å². The largest absolute Gasteiger partial charge is 0.420 e. The number of rotatable bonds is 6. The summed E-state index contributed by atoms with van der Waals surface area (Å²) in [5.41, 5.74) is 1.63. The van der Waals surface area contributed by atoms with E-state index in [0.29, 0.717) is 28.3 Å². The van der Waals surface area contributed by atoms with Crippen LogP contribution in [0.5, 0.6) is 0 Å². The van der Waals surface area contributed by atoms with Gasteiger partial charge in [-0.15, -0.1) is 22.0 Å². The van der Waals surface area contributed by atoms with Crippen molar-refractivity contribution in [2.75, 3.05) is 5.75 Å². The molecule has 1 atom stereocenters. The molecule has 6 heteroatoms. The fraction of sp³-hybridized carbons (Fsp3) is 0.176. The molecule has 0 aliphatic carbocycles. The highest BCUT2D eigenvalue weighted by molar-refractivity contribution is 7.98. The molecule has 118 valence electrons. The molecular formula is C17H15ClN2O2S. The Hall–Kier alpha value is -1.82. The molecule has 0 amide bonds. The van der Waals surface area contributed by atoms with E-state index in [0.717, 1.165) is 11.1 Å². The van der Waals surface area contributed by atoms with Crippen LogP contribution in [0.3, 0.4) is 0 Å². The van der Waals surface area contributed by atoms with E-state index in [2.05, 4.69) is 10.2 Å². The van der Waals surface area contributed by atoms with Crippen LogP contribution in [-0.4, -0.2) is 21.1 Å². The first-order valence-electron chi connectivity index (χ1n) is 7.12. The van der Waals surface area contributed by atoms with Gasteiger partial charge in [-0.25, -0.2) is 0 Å². The van der Waals surface area contributed by atoms with Crippen molar-refractivity contribution in [3.8, 4) is 11.5 Å². The maximum atomic E-state index is 10.1. The zero-order valence-corrected chi connectivity index (χ0v) is 13.8. The summed E-state index contributed by atoms with van der Waals surface area (Å²) in [6.45, 7) is 0. The standard InChI is InChI=1S/C17H15ClN2O2S/c18-14-9-5-4-8-13(14)17-20-19-16(22-17)11-23-10-15(21)12-6-2-1-3-7-12/h1-9,15,21H,10-11H2/t15-/m1/s1. The number of hydrogen-bond donors (Lipinski definition) is 1. The van der Waals surface area contributed by atoms with E-state index in [1.807, 2.05) is 48.5 Å². The minimum Gasteiger partial charge on any atom is -0.420 e. The van der Waals surface area contributed by atoms with Crippen molar-refractivity contribution < 1.29 is 9.52 Å². The maximum absolute atomic E-state index is 10.1. The molecule has 1 aromatic heterocycles. The fourth-order valence-corrected chi connectivity index (χ4v) is 3.13. The lowest BCUT2D eigenvalue weighted by Crippen LogP contribution is -2.00. The van der Waals surface area contributed by atoms with Crippen molar-refractivity contribution >= 4 is 23.4 Å². The summed E-state index contributed by atoms with van der Waals surface area (Å²) in [4.78, 5) is 0. The lowest BCUT2D eigenvalue weighted by molar-refractivity contribution is 0.204. The number of aliphatic hydroxyl groups is 1. The molecule has 1 heterocycles. The van der Waals surface area contributed by atoms with Crippen molar-refractivity contribution in [2.45, 2.75) is 11.9 Å². The quantitative estimate of drug-likeness (QED) is 0.718. The van der Waals surface area contributed by atoms with Crippen LogP contribution >= 0.6 is 23.4 Å². The molecule has 3 aromatic rings. The zero-order chi connectivity index (χ0) is 16.1. The third-order valence-corrected chi connectivity index (χ3v) is 4.59. The molecule has 3 rings (SSSR count). The Balaban J connectivity index is 1.57. The van der Waals surface area contributed by atoms with Gasteiger partial charge in [0.2, 0.25) is 11.8 Å². The monoisotopic (exact) mass is 346 g/mol. The lowest BCUT2D eigenvalue weighted by Gasteiger charge is -2.09. The van der Waals surface area contributed by atoms with Crippen LogP contribution in [0.4, 0.5) is 0 Å². The maximum Gasteiger partial charge on any atom is 0.249 e. The van der Waals surface area contributed by atoms with E-state index in [1.165, 1.54) is 0 Å². The topological polar surface area (TPSA) is 59.2 Å². The molecule has 0 spiro atoms. The van der Waals surface area contributed by atoms with Gasteiger partial charge in [-0.1, -0.05) is 54.1 Å². The molecule has 0 bridgehead atoms. The molecule has 0 radical (unpaired) electrons. The molecule has 4 nitrogen and oxygen atoms in total. The number of halogens is 1. The van der Waals surface area contributed by atoms with Gasteiger partial charge in [-0.05, 0) is 17.7 Å². The predicted molar refractivity (Wildman–Crippen MR) is 92.3 cm³/mol. The van der Waals surface area contributed by atoms with Gasteiger partial charge in [0.25, 0.3) is 0 Å². The zero-order valence-electron chi connectivity index (χ0n) is 12.2. The second kappa shape index (κ2) is 7.64. The molecule has 0 unspecified atom stereocenters. The number of aliphatic hydroxyl groups excluding tert-OH is 1. The van der Waals surface area contributed by atoms with Gasteiger partial charge in [-0.3, -0.25) is 0 Å². The summed E-state index contributed by atoms with van der Waals surface area (Å²) >= 11 is 7.66. The molecule has 23 heavy (non-hydrogen) atoms. The van der Waals surface area contributed by atoms with Crippen LogP contribution in [-0.2, 0) is 5.75 Å². The first kappa shape index (κ1) is 16.1. The van der Waals surface area contributed by atoms with Crippen molar-refractivity contribution in [3.63, 3.8) is 0 Å². The lowest BCUT2D eigenvalue weighted by atomic mass is 10.1. The normalized spacial score (nSPS) is 12.3. The summed E-state index contributed by atoms with van der Waals surface area (Å²) in [5, 5.41) is 18.7. The minimum atomic E-state index is -0.507. The van der Waals surface area contributed by atoms with Gasteiger partial charge >= 0.3 is 0 Å². The van der Waals surface area contributed by atoms with Crippen molar-refractivity contribution in [1.29, 1.82) is 0 Å². The molecule has 0 saturated carbocycles. The smallest absolute Gasteiger partial charge is 0.249 e. The Bertz CT molecular complexity index is 764. The Kier molecular flexibility index (Phi) is 5.33. The second-order valence-electron chi connectivity index (χ2n) is 4.92. The summed E-state index contributed by atoms with van der Waals surface area (Å²) < 4.78 is 5.63. The summed E-state index contributed by atoms with van der Waals surface area (Å²) in [6, 6.07) is 16.9. The Labute approximate surface area is 143 Å². The highest BCUT2D eigenvalue weighted by Crippen LogP contribution is 2.27. The van der Waals surface area contributed by atoms with Gasteiger partial charge < -0.3 is 9.52 Å². The van der Waals surface area contributed by atoms with Crippen molar-refractivity contribution in [3.05, 3.63) is 71.1 Å². The Morgan fingerprint density at radius 1 is 1.04 bits per heavy atom. The molecule has 1 N–H and O–H groups in total. The van der Waals surface area contributed by atoms with E-state index < -0.39 is 6.10 Å². The van der Waals surface area contributed by atoms with Crippen LogP contribution in [0.1, 0.15) is 17.6 Å². The number of aromatic nitrogens is 2. The Morgan fingerprint density at radius 2 is 1.78 bits per heavy atom. The van der Waals surface area contributed by atoms with E-state index in [-0.39, 0.29) is 0 Å². The third-order valence-electron chi connectivity index (χ3n) is 3.26. The van der Waals surface area contributed by atoms with Crippen LogP contribution in [0.15, 0.2) is 59.0 Å². The van der Waals surface area contributed by atoms with Gasteiger partial charge in [-0.2, -0.15) is 0 Å². The number of thioether (sulfide) groups is 1. The van der Waals surface area contributed by atoms with E-state index >= 15 is 0 Å². The average Bonchev–Trinajstić information content (AvgIpc) is 3.04. The molecule has 0 fully saturated rings. The van der Waals surface area contributed by atoms with Gasteiger partial charge in [0.05, 0.1) is 22.4 Å². The van der Waals surface area contributed by atoms with Crippen LogP contribution in [0.2, 0.25) is 5.02 Å². The summed E-state index contributed by atoms with van der Waals surface area (Å²) in [6.07, 6.45) is -0.507. The molecule has 0 saturated heterocycles. The second-order valence-corrected chi connectivity index (χ2v) is 6.36. The number of benzene rings is 2. The fourth-order valence-electron chi connectivity index (χ4n) is 2.08. The first-order chi connectivity index (χ1) is 11.2. The van der Waals surface area contributed by atoms with Gasteiger partial charge in [0.1, 0.15) is 0 Å². The van der Waals surface area contributed by atoms with E-state index in [1.54, 1.807) is 17.8 Å². The van der Waals surface area contributed by atoms with E-state index in [4.69, 9.17) is 16.0 Å². The summed E-state index contributed by atoms with van der Waals surface area (Å²) in [5.74, 6) is 2.04. The predicted octanol–water partition coefficient (Wildman–Crippen LogP) is 4.36. The SMILES string of the molecule is O[C@H](CSCc1nnc(-c2ccccc2Cl)o1)c1ccccc1.